The molecule has 0 bridgehead atoms. The van der Waals surface area contributed by atoms with Gasteiger partial charge in [0.1, 0.15) is 0 Å². The lowest BCUT2D eigenvalue weighted by Gasteiger charge is -1.93. The predicted octanol–water partition coefficient (Wildman–Crippen LogP) is 2.03. The lowest BCUT2D eigenvalue weighted by Crippen LogP contribution is -2.00. The Kier molecular flexibility index (Phi) is 20.5. The summed E-state index contributed by atoms with van der Waals surface area (Å²) >= 11 is 0. The number of carbonyl (C=O) groups is 2. The van der Waals surface area contributed by atoms with Crippen molar-refractivity contribution in [3.63, 3.8) is 0 Å². The lowest BCUT2D eigenvalue weighted by atomic mass is 10.2. The number of ether oxygens (including phenoxy) is 3. The molecule has 0 radical (unpaired) electrons. The van der Waals surface area contributed by atoms with E-state index in [4.69, 9.17) is 14.9 Å². The molecule has 132 valence electrons. The first-order valence-electron chi connectivity index (χ1n) is 7.61. The van der Waals surface area contributed by atoms with E-state index in [0.717, 1.165) is 44.9 Å². The van der Waals surface area contributed by atoms with Gasteiger partial charge in [0.15, 0.2) is 0 Å². The van der Waals surface area contributed by atoms with E-state index in [0.29, 0.717) is 13.0 Å². The zero-order valence-corrected chi connectivity index (χ0v) is 13.7. The Labute approximate surface area is 132 Å². The molecule has 7 heteroatoms. The molecule has 0 amide bonds. The van der Waals surface area contributed by atoms with Crippen molar-refractivity contribution in [1.82, 2.24) is 0 Å². The quantitative estimate of drug-likeness (QED) is 0.589. The van der Waals surface area contributed by atoms with Gasteiger partial charge in [-0.2, -0.15) is 0 Å². The van der Waals surface area contributed by atoms with Crippen LogP contribution in [0.1, 0.15) is 51.4 Å². The fourth-order valence-corrected chi connectivity index (χ4v) is 1.47. The Morgan fingerprint density at radius 1 is 1.00 bits per heavy atom. The summed E-state index contributed by atoms with van der Waals surface area (Å²) in [5, 5.41) is 16.6. The van der Waals surface area contributed by atoms with E-state index in [-0.39, 0.29) is 19.2 Å². The minimum absolute atomic E-state index is 0.0255. The van der Waals surface area contributed by atoms with E-state index in [9.17, 15) is 9.59 Å². The normalized spacial score (nSPS) is 13.4. The Morgan fingerprint density at radius 3 is 1.95 bits per heavy atom. The third kappa shape index (κ3) is 21.0. The molecule has 0 atom stereocenters. The molecule has 0 aliphatic carbocycles. The van der Waals surface area contributed by atoms with Gasteiger partial charge in [-0.3, -0.25) is 4.79 Å². The summed E-state index contributed by atoms with van der Waals surface area (Å²) < 4.78 is 12.8. The van der Waals surface area contributed by atoms with Crippen LogP contribution in [0, 0.1) is 0 Å². The molecule has 0 saturated carbocycles. The predicted molar refractivity (Wildman–Crippen MR) is 81.5 cm³/mol. The fraction of sp³-hybridized carbons (Fsp3) is 0.867. The molecule has 2 N–H and O–H groups in total. The first-order valence-corrected chi connectivity index (χ1v) is 7.61. The zero-order valence-electron chi connectivity index (χ0n) is 13.7. The lowest BCUT2D eigenvalue weighted by molar-refractivity contribution is -0.142. The molecule has 0 aromatic carbocycles. The first-order chi connectivity index (χ1) is 10.6. The van der Waals surface area contributed by atoms with E-state index >= 15 is 0 Å². The number of unbranched alkanes of at least 4 members (excludes halogenated alkanes) is 3. The number of rotatable bonds is 5. The molecule has 0 unspecified atom stereocenters. The maximum atomic E-state index is 10.5. The van der Waals surface area contributed by atoms with Gasteiger partial charge in [0.2, 0.25) is 0 Å². The van der Waals surface area contributed by atoms with Crippen LogP contribution in [-0.2, 0) is 19.0 Å². The SMILES string of the molecule is COC(=O)OC.O=C1CCCCCO1.OCCCCCCO. The monoisotopic (exact) mass is 322 g/mol. The standard InChI is InChI=1S/C6H10O2.C6H14O2.C3H6O3/c7-6-4-2-1-3-5-8-6;7-5-3-1-2-4-6-8;1-5-3(4)6-2/h1-5H2;7-8H,1-6H2;1-2H3. The smallest absolute Gasteiger partial charge is 0.466 e. The molecule has 7 nitrogen and oxygen atoms in total. The van der Waals surface area contributed by atoms with Gasteiger partial charge in [0, 0.05) is 19.6 Å². The van der Waals surface area contributed by atoms with Gasteiger partial charge in [-0.1, -0.05) is 12.8 Å². The van der Waals surface area contributed by atoms with Crippen molar-refractivity contribution in [2.24, 2.45) is 0 Å². The van der Waals surface area contributed by atoms with E-state index in [1.807, 2.05) is 0 Å². The van der Waals surface area contributed by atoms with Crippen LogP contribution in [0.3, 0.4) is 0 Å². The van der Waals surface area contributed by atoms with Crippen molar-refractivity contribution in [3.8, 4) is 0 Å². The van der Waals surface area contributed by atoms with Gasteiger partial charge in [-0.15, -0.1) is 0 Å². The number of aliphatic hydroxyl groups is 2. The first kappa shape index (κ1) is 22.9. The fourth-order valence-electron chi connectivity index (χ4n) is 1.47. The van der Waals surface area contributed by atoms with Gasteiger partial charge in [0.05, 0.1) is 20.8 Å². The number of aliphatic hydroxyl groups excluding tert-OH is 2. The molecular formula is C15H30O7. The average Bonchev–Trinajstić information content (AvgIpc) is 2.79. The number of hydrogen-bond acceptors (Lipinski definition) is 7. The van der Waals surface area contributed by atoms with Crippen LogP contribution >= 0.6 is 0 Å². The maximum absolute atomic E-state index is 10.5. The summed E-state index contributed by atoms with van der Waals surface area (Å²) in [5.41, 5.74) is 0. The van der Waals surface area contributed by atoms with Crippen LogP contribution in [-0.4, -0.2) is 56.4 Å². The van der Waals surface area contributed by atoms with Crippen LogP contribution < -0.4 is 0 Å². The van der Waals surface area contributed by atoms with Crippen molar-refractivity contribution in [2.45, 2.75) is 51.4 Å². The second-order valence-corrected chi connectivity index (χ2v) is 4.55. The highest BCUT2D eigenvalue weighted by Crippen LogP contribution is 2.06. The molecule has 1 rings (SSSR count). The van der Waals surface area contributed by atoms with Crippen molar-refractivity contribution >= 4 is 12.1 Å². The molecule has 1 aliphatic rings. The highest BCUT2D eigenvalue weighted by atomic mass is 16.7. The maximum Gasteiger partial charge on any atom is 0.507 e. The summed E-state index contributed by atoms with van der Waals surface area (Å²) in [6.07, 6.45) is 7.00. The van der Waals surface area contributed by atoms with Gasteiger partial charge in [-0.25, -0.2) is 4.79 Å². The number of cyclic esters (lactones) is 1. The number of esters is 1. The molecule has 1 saturated heterocycles. The number of carbonyl (C=O) groups excluding carboxylic acids is 2. The summed E-state index contributed by atoms with van der Waals surface area (Å²) in [5.74, 6) is -0.0255. The van der Waals surface area contributed by atoms with E-state index in [1.165, 1.54) is 14.2 Å². The Hall–Kier alpha value is -1.34. The second-order valence-electron chi connectivity index (χ2n) is 4.55. The highest BCUT2D eigenvalue weighted by molar-refractivity contribution is 5.69. The van der Waals surface area contributed by atoms with Crippen LogP contribution in [0.25, 0.3) is 0 Å². The largest absolute Gasteiger partial charge is 0.507 e. The van der Waals surface area contributed by atoms with E-state index < -0.39 is 6.16 Å². The highest BCUT2D eigenvalue weighted by Gasteiger charge is 2.05. The van der Waals surface area contributed by atoms with E-state index in [2.05, 4.69) is 9.47 Å². The summed E-state index contributed by atoms with van der Waals surface area (Å²) in [6, 6.07) is 0. The third-order valence-corrected chi connectivity index (χ3v) is 2.69. The Balaban J connectivity index is 0. The van der Waals surface area contributed by atoms with Gasteiger partial charge >= 0.3 is 12.1 Å². The van der Waals surface area contributed by atoms with Crippen molar-refractivity contribution in [2.75, 3.05) is 34.0 Å². The topological polar surface area (TPSA) is 102 Å². The van der Waals surface area contributed by atoms with Crippen molar-refractivity contribution < 1.29 is 34.0 Å². The van der Waals surface area contributed by atoms with Crippen LogP contribution in [0.5, 0.6) is 0 Å². The van der Waals surface area contributed by atoms with Crippen molar-refractivity contribution in [1.29, 1.82) is 0 Å². The summed E-state index contributed by atoms with van der Waals surface area (Å²) in [4.78, 5) is 20.2. The molecule has 0 spiro atoms. The zero-order chi connectivity index (χ0) is 17.1. The molecule has 22 heavy (non-hydrogen) atoms. The van der Waals surface area contributed by atoms with Crippen molar-refractivity contribution in [3.05, 3.63) is 0 Å². The van der Waals surface area contributed by atoms with Crippen LogP contribution in [0.4, 0.5) is 4.79 Å². The molecule has 1 heterocycles. The minimum atomic E-state index is -0.657. The Bertz CT molecular complexity index is 234. The molecule has 1 aliphatic heterocycles. The second kappa shape index (κ2) is 19.7. The van der Waals surface area contributed by atoms with Gasteiger partial charge < -0.3 is 24.4 Å². The third-order valence-electron chi connectivity index (χ3n) is 2.69. The summed E-state index contributed by atoms with van der Waals surface area (Å²) in [7, 11) is 2.51. The van der Waals surface area contributed by atoms with Gasteiger partial charge in [-0.05, 0) is 32.1 Å². The van der Waals surface area contributed by atoms with Crippen LogP contribution in [0.15, 0.2) is 0 Å². The number of methoxy groups -OCH3 is 2. The molecule has 0 aromatic rings. The van der Waals surface area contributed by atoms with E-state index in [1.54, 1.807) is 0 Å². The number of hydrogen-bond donors (Lipinski definition) is 2. The van der Waals surface area contributed by atoms with Crippen LogP contribution in [0.2, 0.25) is 0 Å². The summed E-state index contributed by atoms with van der Waals surface area (Å²) in [6.45, 7) is 1.20. The van der Waals surface area contributed by atoms with Gasteiger partial charge in [0.25, 0.3) is 0 Å². The molecular weight excluding hydrogens is 292 g/mol. The Morgan fingerprint density at radius 2 is 1.55 bits per heavy atom. The molecule has 1 fully saturated rings. The molecule has 0 aromatic heterocycles. The average molecular weight is 322 g/mol. The minimum Gasteiger partial charge on any atom is -0.466 e.